The third kappa shape index (κ3) is 5.38. The van der Waals surface area contributed by atoms with E-state index in [-0.39, 0.29) is 17.7 Å². The molecule has 0 N–H and O–H groups in total. The van der Waals surface area contributed by atoms with Gasteiger partial charge in [0.15, 0.2) is 5.78 Å². The summed E-state index contributed by atoms with van der Waals surface area (Å²) in [7, 11) is 3.54. The van der Waals surface area contributed by atoms with E-state index in [4.69, 9.17) is 4.74 Å². The molecule has 0 aromatic heterocycles. The Morgan fingerprint density at radius 3 is 2.56 bits per heavy atom. The Balaban J connectivity index is 2.39. The molecule has 100 valence electrons. The molecule has 0 radical (unpaired) electrons. The van der Waals surface area contributed by atoms with Crippen LogP contribution >= 0.6 is 0 Å². The Bertz CT molecular complexity index is 378. The molecular formula is C14H20FNO2. The standard InChI is InChI=1S/C14H20FNO2/c1-11(18-3)9-16(2)10-14(17)8-12-4-6-13(15)7-5-12/h4-7,11H,8-10H2,1-3H3. The number of carbonyl (C=O) groups excluding carboxylic acids is 1. The fraction of sp³-hybridized carbons (Fsp3) is 0.500. The van der Waals surface area contributed by atoms with E-state index in [1.807, 2.05) is 18.9 Å². The smallest absolute Gasteiger partial charge is 0.151 e. The highest BCUT2D eigenvalue weighted by Gasteiger charge is 2.10. The molecule has 0 aliphatic carbocycles. The van der Waals surface area contributed by atoms with Crippen molar-refractivity contribution in [1.29, 1.82) is 0 Å². The zero-order chi connectivity index (χ0) is 13.5. The molecule has 0 saturated carbocycles. The molecule has 0 bridgehead atoms. The van der Waals surface area contributed by atoms with Gasteiger partial charge in [0.1, 0.15) is 5.82 Å². The van der Waals surface area contributed by atoms with Crippen LogP contribution in [0, 0.1) is 5.82 Å². The van der Waals surface area contributed by atoms with Gasteiger partial charge in [-0.25, -0.2) is 4.39 Å². The van der Waals surface area contributed by atoms with Crippen LogP contribution in [0.1, 0.15) is 12.5 Å². The number of hydrogen-bond donors (Lipinski definition) is 0. The second-order valence-electron chi connectivity index (χ2n) is 4.58. The molecule has 1 aromatic carbocycles. The number of carbonyl (C=O) groups is 1. The highest BCUT2D eigenvalue weighted by Crippen LogP contribution is 2.04. The molecule has 1 aromatic rings. The van der Waals surface area contributed by atoms with Crippen LogP contribution in [0.25, 0.3) is 0 Å². The Morgan fingerprint density at radius 1 is 1.39 bits per heavy atom. The maximum Gasteiger partial charge on any atom is 0.151 e. The summed E-state index contributed by atoms with van der Waals surface area (Å²) >= 11 is 0. The van der Waals surface area contributed by atoms with Crippen LogP contribution in [0.4, 0.5) is 4.39 Å². The molecule has 1 unspecified atom stereocenters. The zero-order valence-electron chi connectivity index (χ0n) is 11.1. The van der Waals surface area contributed by atoms with Crippen molar-refractivity contribution >= 4 is 5.78 Å². The maximum atomic E-state index is 12.7. The van der Waals surface area contributed by atoms with Gasteiger partial charge in [-0.05, 0) is 31.7 Å². The summed E-state index contributed by atoms with van der Waals surface area (Å²) in [6.45, 7) is 3.05. The number of Topliss-reactive ketones (excluding diaryl/α,β-unsaturated/α-hetero) is 1. The second-order valence-corrected chi connectivity index (χ2v) is 4.58. The molecule has 0 spiro atoms. The van der Waals surface area contributed by atoms with Crippen LogP contribution in [-0.4, -0.2) is 44.0 Å². The van der Waals surface area contributed by atoms with Gasteiger partial charge in [-0.15, -0.1) is 0 Å². The molecular weight excluding hydrogens is 233 g/mol. The highest BCUT2D eigenvalue weighted by atomic mass is 19.1. The van der Waals surface area contributed by atoms with E-state index in [1.165, 1.54) is 12.1 Å². The fourth-order valence-corrected chi connectivity index (χ4v) is 1.76. The number of ether oxygens (including phenoxy) is 1. The lowest BCUT2D eigenvalue weighted by Gasteiger charge is -2.19. The summed E-state index contributed by atoms with van der Waals surface area (Å²) in [4.78, 5) is 13.7. The number of nitrogens with zero attached hydrogens (tertiary/aromatic N) is 1. The largest absolute Gasteiger partial charge is 0.380 e. The molecule has 0 heterocycles. The Morgan fingerprint density at radius 2 is 2.00 bits per heavy atom. The molecule has 0 aliphatic rings. The molecule has 0 aliphatic heterocycles. The first-order chi connectivity index (χ1) is 8.51. The van der Waals surface area contributed by atoms with Crippen molar-refractivity contribution in [1.82, 2.24) is 4.90 Å². The SMILES string of the molecule is COC(C)CN(C)CC(=O)Cc1ccc(F)cc1. The normalized spacial score (nSPS) is 12.7. The van der Waals surface area contributed by atoms with Crippen molar-refractivity contribution in [2.75, 3.05) is 27.2 Å². The maximum absolute atomic E-state index is 12.7. The first-order valence-corrected chi connectivity index (χ1v) is 5.98. The summed E-state index contributed by atoms with van der Waals surface area (Å²) in [5, 5.41) is 0. The Kier molecular flexibility index (Phi) is 5.95. The number of methoxy groups -OCH3 is 1. The Labute approximate surface area is 108 Å². The molecule has 0 fully saturated rings. The first-order valence-electron chi connectivity index (χ1n) is 5.98. The summed E-state index contributed by atoms with van der Waals surface area (Å²) in [6, 6.07) is 6.04. The van der Waals surface area contributed by atoms with Crippen molar-refractivity contribution in [2.24, 2.45) is 0 Å². The van der Waals surface area contributed by atoms with Gasteiger partial charge in [0, 0.05) is 20.1 Å². The summed E-state index contributed by atoms with van der Waals surface area (Å²) in [5.41, 5.74) is 0.842. The minimum absolute atomic E-state index is 0.105. The van der Waals surface area contributed by atoms with Crippen molar-refractivity contribution in [3.05, 3.63) is 35.6 Å². The van der Waals surface area contributed by atoms with Crippen molar-refractivity contribution < 1.29 is 13.9 Å². The topological polar surface area (TPSA) is 29.5 Å². The van der Waals surface area contributed by atoms with Gasteiger partial charge in [0.2, 0.25) is 0 Å². The average Bonchev–Trinajstić information content (AvgIpc) is 2.31. The quantitative estimate of drug-likeness (QED) is 0.743. The van der Waals surface area contributed by atoms with Gasteiger partial charge in [-0.3, -0.25) is 9.69 Å². The van der Waals surface area contributed by atoms with E-state index in [9.17, 15) is 9.18 Å². The van der Waals surface area contributed by atoms with Gasteiger partial charge in [0.05, 0.1) is 12.6 Å². The Hall–Kier alpha value is -1.26. The van der Waals surface area contributed by atoms with Crippen LogP contribution < -0.4 is 0 Å². The highest BCUT2D eigenvalue weighted by molar-refractivity contribution is 5.82. The second kappa shape index (κ2) is 7.24. The lowest BCUT2D eigenvalue weighted by molar-refractivity contribution is -0.119. The lowest BCUT2D eigenvalue weighted by atomic mass is 10.1. The molecule has 0 amide bonds. The van der Waals surface area contributed by atoms with E-state index in [1.54, 1.807) is 19.2 Å². The molecule has 3 nitrogen and oxygen atoms in total. The predicted octanol–water partition coefficient (Wildman–Crippen LogP) is 1.90. The monoisotopic (exact) mass is 253 g/mol. The molecule has 1 rings (SSSR count). The molecule has 4 heteroatoms. The van der Waals surface area contributed by atoms with Gasteiger partial charge in [0.25, 0.3) is 0 Å². The molecule has 18 heavy (non-hydrogen) atoms. The average molecular weight is 253 g/mol. The van der Waals surface area contributed by atoms with E-state index >= 15 is 0 Å². The van der Waals surface area contributed by atoms with Gasteiger partial charge in [-0.2, -0.15) is 0 Å². The molecule has 1 atom stereocenters. The van der Waals surface area contributed by atoms with Gasteiger partial charge < -0.3 is 4.74 Å². The first kappa shape index (κ1) is 14.8. The van der Waals surface area contributed by atoms with Crippen LogP contribution in [0.3, 0.4) is 0 Å². The van der Waals surface area contributed by atoms with E-state index in [2.05, 4.69) is 0 Å². The van der Waals surface area contributed by atoms with Crippen LogP contribution in [-0.2, 0) is 16.0 Å². The molecule has 0 saturated heterocycles. The van der Waals surface area contributed by atoms with Crippen LogP contribution in [0.2, 0.25) is 0 Å². The number of benzene rings is 1. The number of hydrogen-bond acceptors (Lipinski definition) is 3. The van der Waals surface area contributed by atoms with Crippen molar-refractivity contribution in [2.45, 2.75) is 19.4 Å². The minimum atomic E-state index is -0.280. The lowest BCUT2D eigenvalue weighted by Crippen LogP contribution is -2.33. The summed E-state index contributed by atoms with van der Waals surface area (Å²) < 4.78 is 17.8. The van der Waals surface area contributed by atoms with Crippen LogP contribution in [0.5, 0.6) is 0 Å². The predicted molar refractivity (Wildman–Crippen MR) is 69.1 cm³/mol. The minimum Gasteiger partial charge on any atom is -0.380 e. The number of rotatable bonds is 7. The third-order valence-electron chi connectivity index (χ3n) is 2.73. The third-order valence-corrected chi connectivity index (χ3v) is 2.73. The van der Waals surface area contributed by atoms with Gasteiger partial charge in [-0.1, -0.05) is 12.1 Å². The van der Waals surface area contributed by atoms with E-state index < -0.39 is 0 Å². The van der Waals surface area contributed by atoms with E-state index in [0.717, 1.165) is 5.56 Å². The zero-order valence-corrected chi connectivity index (χ0v) is 11.1. The summed E-state index contributed by atoms with van der Waals surface area (Å²) in [5.74, 6) is -0.162. The fourth-order valence-electron chi connectivity index (χ4n) is 1.76. The van der Waals surface area contributed by atoms with Crippen molar-refractivity contribution in [3.63, 3.8) is 0 Å². The van der Waals surface area contributed by atoms with Gasteiger partial charge >= 0.3 is 0 Å². The number of ketones is 1. The van der Waals surface area contributed by atoms with Crippen LogP contribution in [0.15, 0.2) is 24.3 Å². The number of halogens is 1. The van der Waals surface area contributed by atoms with E-state index in [0.29, 0.717) is 19.5 Å². The van der Waals surface area contributed by atoms with Crippen molar-refractivity contribution in [3.8, 4) is 0 Å². The summed E-state index contributed by atoms with van der Waals surface area (Å²) in [6.07, 6.45) is 0.444. The number of likely N-dealkylation sites (N-methyl/N-ethyl adjacent to an activating group) is 1.